The molecule has 3 amide bonds. The minimum atomic E-state index is -1.01. The largest absolute Gasteiger partial charge is 0.444 e. The molecule has 0 atom stereocenters. The molecule has 1 aliphatic rings. The van der Waals surface area contributed by atoms with Gasteiger partial charge in [-0.1, -0.05) is 25.0 Å². The first-order valence-electron chi connectivity index (χ1n) is 10.7. The third kappa shape index (κ3) is 5.78. The number of amides is 3. The van der Waals surface area contributed by atoms with Crippen molar-refractivity contribution in [2.24, 2.45) is 0 Å². The van der Waals surface area contributed by atoms with Crippen molar-refractivity contribution in [1.82, 2.24) is 5.32 Å². The zero-order chi connectivity index (χ0) is 23.4. The van der Waals surface area contributed by atoms with Crippen LogP contribution in [0.2, 0.25) is 0 Å². The Kier molecular flexibility index (Phi) is 6.72. The van der Waals surface area contributed by atoms with Gasteiger partial charge in [-0.2, -0.15) is 0 Å². The second kappa shape index (κ2) is 9.30. The molecule has 0 radical (unpaired) electrons. The van der Waals surface area contributed by atoms with Gasteiger partial charge in [0, 0.05) is 11.3 Å². The number of carbonyl (C=O) groups is 3. The zero-order valence-electron chi connectivity index (χ0n) is 18.7. The quantitative estimate of drug-likeness (QED) is 0.519. The number of nitrogens with one attached hydrogen (secondary N) is 3. The second-order valence-corrected chi connectivity index (χ2v) is 8.99. The van der Waals surface area contributed by atoms with Crippen LogP contribution in [0.15, 0.2) is 48.5 Å². The smallest absolute Gasteiger partial charge is 0.408 e. The molecule has 0 bridgehead atoms. The number of anilines is 3. The van der Waals surface area contributed by atoms with E-state index < -0.39 is 17.2 Å². The number of alkyl carbamates (subject to hydrolysis) is 1. The first kappa shape index (κ1) is 23.1. The van der Waals surface area contributed by atoms with Crippen molar-refractivity contribution in [1.29, 1.82) is 0 Å². The fourth-order valence-electron chi connectivity index (χ4n) is 3.65. The van der Waals surface area contributed by atoms with Crippen LogP contribution < -0.4 is 21.7 Å². The van der Waals surface area contributed by atoms with Crippen LogP contribution in [0.25, 0.3) is 0 Å². The maximum absolute atomic E-state index is 13.1. The third-order valence-corrected chi connectivity index (χ3v) is 5.25. The van der Waals surface area contributed by atoms with Crippen molar-refractivity contribution >= 4 is 35.0 Å². The van der Waals surface area contributed by atoms with Crippen molar-refractivity contribution in [2.45, 2.75) is 57.6 Å². The maximum atomic E-state index is 13.1. The molecule has 170 valence electrons. The predicted octanol–water partition coefficient (Wildman–Crippen LogP) is 4.30. The van der Waals surface area contributed by atoms with Gasteiger partial charge in [0.2, 0.25) is 5.91 Å². The van der Waals surface area contributed by atoms with E-state index in [9.17, 15) is 14.4 Å². The number of nitrogens with two attached hydrogens (primary N) is 1. The molecule has 32 heavy (non-hydrogen) atoms. The Balaban J connectivity index is 1.65. The minimum absolute atomic E-state index is 0.296. The molecule has 3 rings (SSSR count). The molecule has 0 saturated heterocycles. The van der Waals surface area contributed by atoms with Gasteiger partial charge in [-0.15, -0.1) is 0 Å². The summed E-state index contributed by atoms with van der Waals surface area (Å²) in [6.45, 7) is 5.33. The van der Waals surface area contributed by atoms with E-state index in [4.69, 9.17) is 10.5 Å². The molecule has 5 N–H and O–H groups in total. The Morgan fingerprint density at radius 2 is 1.56 bits per heavy atom. The van der Waals surface area contributed by atoms with Crippen molar-refractivity contribution in [3.63, 3.8) is 0 Å². The van der Waals surface area contributed by atoms with E-state index in [1.807, 2.05) is 0 Å². The second-order valence-electron chi connectivity index (χ2n) is 8.99. The summed E-state index contributed by atoms with van der Waals surface area (Å²) in [7, 11) is 0. The lowest BCUT2D eigenvalue weighted by Gasteiger charge is -2.30. The first-order valence-corrected chi connectivity index (χ1v) is 10.7. The van der Waals surface area contributed by atoms with Gasteiger partial charge in [0.1, 0.15) is 11.1 Å². The minimum Gasteiger partial charge on any atom is -0.444 e. The number of benzene rings is 2. The van der Waals surface area contributed by atoms with Crippen LogP contribution in [-0.2, 0) is 9.53 Å². The summed E-state index contributed by atoms with van der Waals surface area (Å²) in [4.78, 5) is 37.8. The molecule has 2 aromatic rings. The molecular formula is C24H30N4O4. The lowest BCUT2D eigenvalue weighted by Crippen LogP contribution is -2.55. The summed E-state index contributed by atoms with van der Waals surface area (Å²) < 4.78 is 5.34. The fraction of sp³-hybridized carbons (Fsp3) is 0.375. The van der Waals surface area contributed by atoms with E-state index in [1.165, 1.54) is 0 Å². The van der Waals surface area contributed by atoms with Crippen molar-refractivity contribution < 1.29 is 19.1 Å². The Morgan fingerprint density at radius 1 is 0.938 bits per heavy atom. The Hall–Kier alpha value is -3.55. The molecule has 1 aliphatic carbocycles. The number of nitrogen functional groups attached to an aromatic ring is 1. The van der Waals surface area contributed by atoms with Crippen LogP contribution in [0.5, 0.6) is 0 Å². The van der Waals surface area contributed by atoms with Crippen LogP contribution in [-0.4, -0.2) is 29.0 Å². The summed E-state index contributed by atoms with van der Waals surface area (Å²) in [6, 6.07) is 13.5. The molecule has 0 heterocycles. The molecule has 8 nitrogen and oxygen atoms in total. The van der Waals surface area contributed by atoms with Gasteiger partial charge in [0.05, 0.1) is 11.4 Å². The molecule has 1 saturated carbocycles. The van der Waals surface area contributed by atoms with Gasteiger partial charge in [-0.25, -0.2) is 4.79 Å². The standard InChI is InChI=1S/C24H30N4O4/c1-23(2,3)32-22(31)28-24(14-6-7-15-24)21(30)26-17-12-10-16(11-13-17)20(29)27-19-9-5-4-8-18(19)25/h4-5,8-13H,6-7,14-15,25H2,1-3H3,(H,26,30)(H,27,29)(H,28,31). The van der Waals surface area contributed by atoms with Crippen LogP contribution in [0, 0.1) is 0 Å². The maximum Gasteiger partial charge on any atom is 0.408 e. The Labute approximate surface area is 187 Å². The van der Waals surface area contributed by atoms with Gasteiger partial charge in [-0.05, 0) is 70.0 Å². The molecule has 0 unspecified atom stereocenters. The summed E-state index contributed by atoms with van der Waals surface area (Å²) in [6.07, 6.45) is 2.14. The summed E-state index contributed by atoms with van der Waals surface area (Å²) >= 11 is 0. The Bertz CT molecular complexity index is 990. The predicted molar refractivity (Wildman–Crippen MR) is 124 cm³/mol. The highest BCUT2D eigenvalue weighted by Crippen LogP contribution is 2.31. The van der Waals surface area contributed by atoms with Crippen molar-refractivity contribution in [3.8, 4) is 0 Å². The molecule has 8 heteroatoms. The van der Waals surface area contributed by atoms with Gasteiger partial charge < -0.3 is 26.4 Å². The highest BCUT2D eigenvalue weighted by atomic mass is 16.6. The van der Waals surface area contributed by atoms with Crippen LogP contribution >= 0.6 is 0 Å². The van der Waals surface area contributed by atoms with E-state index in [1.54, 1.807) is 69.3 Å². The fourth-order valence-corrected chi connectivity index (χ4v) is 3.65. The molecule has 0 spiro atoms. The van der Waals surface area contributed by atoms with Crippen LogP contribution in [0.1, 0.15) is 56.8 Å². The monoisotopic (exact) mass is 438 g/mol. The van der Waals surface area contributed by atoms with Gasteiger partial charge >= 0.3 is 6.09 Å². The first-order chi connectivity index (χ1) is 15.1. The SMILES string of the molecule is CC(C)(C)OC(=O)NC1(C(=O)Nc2ccc(C(=O)Nc3ccccc3N)cc2)CCCC1. The third-order valence-electron chi connectivity index (χ3n) is 5.25. The van der Waals surface area contributed by atoms with Gasteiger partial charge in [0.25, 0.3) is 5.91 Å². The topological polar surface area (TPSA) is 123 Å². The van der Waals surface area contributed by atoms with Crippen LogP contribution in [0.3, 0.4) is 0 Å². The summed E-state index contributed by atoms with van der Waals surface area (Å²) in [5, 5.41) is 8.40. The average molecular weight is 439 g/mol. The molecule has 1 fully saturated rings. The molecule has 0 aliphatic heterocycles. The lowest BCUT2D eigenvalue weighted by molar-refractivity contribution is -0.122. The highest BCUT2D eigenvalue weighted by molar-refractivity contribution is 6.06. The highest BCUT2D eigenvalue weighted by Gasteiger charge is 2.43. The number of carbonyl (C=O) groups excluding carboxylic acids is 3. The lowest BCUT2D eigenvalue weighted by atomic mass is 9.96. The Morgan fingerprint density at radius 3 is 2.16 bits per heavy atom. The van der Waals surface area contributed by atoms with E-state index in [0.717, 1.165) is 12.8 Å². The number of para-hydroxylation sites is 2. The number of hydrogen-bond acceptors (Lipinski definition) is 5. The van der Waals surface area contributed by atoms with E-state index in [2.05, 4.69) is 16.0 Å². The summed E-state index contributed by atoms with van der Waals surface area (Å²) in [5.41, 5.74) is 6.17. The molecule has 2 aromatic carbocycles. The number of ether oxygens (including phenoxy) is 1. The van der Waals surface area contributed by atoms with Crippen molar-refractivity contribution in [3.05, 3.63) is 54.1 Å². The number of hydrogen-bond donors (Lipinski definition) is 4. The van der Waals surface area contributed by atoms with Gasteiger partial charge in [0.15, 0.2) is 0 Å². The molecular weight excluding hydrogens is 408 g/mol. The normalized spacial score (nSPS) is 15.0. The molecule has 0 aromatic heterocycles. The average Bonchev–Trinajstić information content (AvgIpc) is 3.18. The van der Waals surface area contributed by atoms with E-state index in [0.29, 0.717) is 35.5 Å². The number of rotatable bonds is 5. The van der Waals surface area contributed by atoms with Crippen molar-refractivity contribution in [2.75, 3.05) is 16.4 Å². The zero-order valence-corrected chi connectivity index (χ0v) is 18.7. The van der Waals surface area contributed by atoms with E-state index in [-0.39, 0.29) is 11.8 Å². The van der Waals surface area contributed by atoms with Crippen LogP contribution in [0.4, 0.5) is 21.9 Å². The summed E-state index contributed by atoms with van der Waals surface area (Å²) in [5.74, 6) is -0.602. The van der Waals surface area contributed by atoms with Gasteiger partial charge in [-0.3, -0.25) is 9.59 Å². The van der Waals surface area contributed by atoms with E-state index >= 15 is 0 Å².